The summed E-state index contributed by atoms with van der Waals surface area (Å²) in [5.74, 6) is 0.396. The molecular weight excluding hydrogens is 242 g/mol. The molecule has 0 radical (unpaired) electrons. The second-order valence-corrected chi connectivity index (χ2v) is 5.83. The predicted molar refractivity (Wildman–Crippen MR) is 73.2 cm³/mol. The molecule has 0 spiro atoms. The molecule has 0 bridgehead atoms. The van der Waals surface area contributed by atoms with Crippen LogP contribution in [0.5, 0.6) is 0 Å². The summed E-state index contributed by atoms with van der Waals surface area (Å²) in [6.07, 6.45) is 5.11. The topological polar surface area (TPSA) is 53.7 Å². The molecule has 1 aliphatic rings. The van der Waals surface area contributed by atoms with Gasteiger partial charge in [0.1, 0.15) is 5.76 Å². The zero-order valence-electron chi connectivity index (χ0n) is 11.8. The van der Waals surface area contributed by atoms with E-state index in [1.807, 2.05) is 0 Å². The zero-order chi connectivity index (χ0) is 13.8. The molecule has 0 atom stereocenters. The predicted octanol–water partition coefficient (Wildman–Crippen LogP) is 3.38. The summed E-state index contributed by atoms with van der Waals surface area (Å²) in [5, 5.41) is 8.88. The summed E-state index contributed by atoms with van der Waals surface area (Å²) in [5.41, 5.74) is 0. The highest BCUT2D eigenvalue weighted by Crippen LogP contribution is 2.26. The van der Waals surface area contributed by atoms with Crippen LogP contribution in [0.15, 0.2) is 16.5 Å². The quantitative estimate of drug-likeness (QED) is 0.856. The number of carboxylic acids is 1. The summed E-state index contributed by atoms with van der Waals surface area (Å²) in [7, 11) is 0. The lowest BCUT2D eigenvalue weighted by Gasteiger charge is -2.29. The van der Waals surface area contributed by atoms with E-state index in [0.29, 0.717) is 12.0 Å². The molecule has 1 N–H and O–H groups in total. The molecule has 1 saturated carbocycles. The standard InChI is InChI=1S/C15H23NO3/c1-11(2)9-16(12-5-3-4-6-12)10-13-7-8-14(19-13)15(17)18/h7-8,11-12H,3-6,9-10H2,1-2H3,(H,17,18). The highest BCUT2D eigenvalue weighted by Gasteiger charge is 2.24. The Hall–Kier alpha value is -1.29. The maximum atomic E-state index is 10.8. The lowest BCUT2D eigenvalue weighted by molar-refractivity contribution is 0.0656. The Bertz CT molecular complexity index is 419. The molecule has 1 aliphatic carbocycles. The lowest BCUT2D eigenvalue weighted by atomic mass is 10.1. The van der Waals surface area contributed by atoms with Crippen molar-refractivity contribution in [2.75, 3.05) is 6.54 Å². The van der Waals surface area contributed by atoms with Crippen LogP contribution in [0, 0.1) is 5.92 Å². The van der Waals surface area contributed by atoms with Gasteiger partial charge in [0.05, 0.1) is 6.54 Å². The number of furan rings is 1. The first-order valence-electron chi connectivity index (χ1n) is 7.12. The molecule has 1 fully saturated rings. The summed E-state index contributed by atoms with van der Waals surface area (Å²) < 4.78 is 5.38. The van der Waals surface area contributed by atoms with Crippen LogP contribution in [0.25, 0.3) is 0 Å². The molecule has 19 heavy (non-hydrogen) atoms. The van der Waals surface area contributed by atoms with Crippen molar-refractivity contribution in [3.05, 3.63) is 23.7 Å². The van der Waals surface area contributed by atoms with E-state index in [1.54, 1.807) is 12.1 Å². The van der Waals surface area contributed by atoms with E-state index in [9.17, 15) is 4.79 Å². The first kappa shape index (κ1) is 14.1. The van der Waals surface area contributed by atoms with E-state index in [2.05, 4.69) is 18.7 Å². The van der Waals surface area contributed by atoms with Crippen LogP contribution in [0.1, 0.15) is 55.8 Å². The molecule has 1 aromatic heterocycles. The molecular formula is C15H23NO3. The van der Waals surface area contributed by atoms with Crippen LogP contribution >= 0.6 is 0 Å². The fourth-order valence-electron chi connectivity index (χ4n) is 2.86. The fourth-order valence-corrected chi connectivity index (χ4v) is 2.86. The second-order valence-electron chi connectivity index (χ2n) is 5.83. The molecule has 0 saturated heterocycles. The van der Waals surface area contributed by atoms with Gasteiger partial charge in [0.15, 0.2) is 0 Å². The highest BCUT2D eigenvalue weighted by molar-refractivity contribution is 5.84. The monoisotopic (exact) mass is 265 g/mol. The third kappa shape index (κ3) is 3.83. The van der Waals surface area contributed by atoms with Crippen molar-refractivity contribution in [2.45, 2.75) is 52.1 Å². The molecule has 4 nitrogen and oxygen atoms in total. The summed E-state index contributed by atoms with van der Waals surface area (Å²) in [6.45, 7) is 6.18. The van der Waals surface area contributed by atoms with Crippen LogP contribution in [0.2, 0.25) is 0 Å². The van der Waals surface area contributed by atoms with Gasteiger partial charge in [-0.2, -0.15) is 0 Å². The molecule has 0 aromatic carbocycles. The molecule has 4 heteroatoms. The molecule has 2 rings (SSSR count). The molecule has 1 aromatic rings. The number of carbonyl (C=O) groups is 1. The summed E-state index contributed by atoms with van der Waals surface area (Å²) in [6, 6.07) is 3.95. The number of hydrogen-bond donors (Lipinski definition) is 1. The van der Waals surface area contributed by atoms with E-state index < -0.39 is 5.97 Å². The van der Waals surface area contributed by atoms with Gasteiger partial charge >= 0.3 is 5.97 Å². The Balaban J connectivity index is 2.03. The van der Waals surface area contributed by atoms with Gasteiger partial charge < -0.3 is 9.52 Å². The number of aromatic carboxylic acids is 1. The van der Waals surface area contributed by atoms with E-state index in [4.69, 9.17) is 9.52 Å². The van der Waals surface area contributed by atoms with Crippen molar-refractivity contribution in [1.29, 1.82) is 0 Å². The molecule has 0 unspecified atom stereocenters. The third-order valence-electron chi connectivity index (χ3n) is 3.67. The van der Waals surface area contributed by atoms with Gasteiger partial charge in [-0.05, 0) is 30.9 Å². The average molecular weight is 265 g/mol. The van der Waals surface area contributed by atoms with Gasteiger partial charge in [-0.25, -0.2) is 4.79 Å². The number of rotatable bonds is 6. The minimum Gasteiger partial charge on any atom is -0.475 e. The number of nitrogens with zero attached hydrogens (tertiary/aromatic N) is 1. The molecule has 0 aliphatic heterocycles. The van der Waals surface area contributed by atoms with Crippen LogP contribution in [0.3, 0.4) is 0 Å². The van der Waals surface area contributed by atoms with Crippen molar-refractivity contribution >= 4 is 5.97 Å². The van der Waals surface area contributed by atoms with Gasteiger partial charge in [-0.1, -0.05) is 26.7 Å². The van der Waals surface area contributed by atoms with Gasteiger partial charge in [0.2, 0.25) is 5.76 Å². The van der Waals surface area contributed by atoms with Crippen LogP contribution in [0.4, 0.5) is 0 Å². The number of carboxylic acid groups (broad SMARTS) is 1. The van der Waals surface area contributed by atoms with Gasteiger partial charge in [0, 0.05) is 12.6 Å². The van der Waals surface area contributed by atoms with Crippen LogP contribution in [-0.2, 0) is 6.54 Å². The molecule has 0 amide bonds. The van der Waals surface area contributed by atoms with Gasteiger partial charge in [-0.15, -0.1) is 0 Å². The normalized spacial score (nSPS) is 16.6. The smallest absolute Gasteiger partial charge is 0.371 e. The Labute approximate surface area is 114 Å². The van der Waals surface area contributed by atoms with Crippen molar-refractivity contribution < 1.29 is 14.3 Å². The Kier molecular flexibility index (Phi) is 4.64. The van der Waals surface area contributed by atoms with Crippen molar-refractivity contribution in [2.24, 2.45) is 5.92 Å². The number of hydrogen-bond acceptors (Lipinski definition) is 3. The Morgan fingerprint density at radius 3 is 2.63 bits per heavy atom. The van der Waals surface area contributed by atoms with E-state index in [0.717, 1.165) is 18.8 Å². The van der Waals surface area contributed by atoms with E-state index >= 15 is 0 Å². The average Bonchev–Trinajstić information content (AvgIpc) is 2.98. The fraction of sp³-hybridized carbons (Fsp3) is 0.667. The Morgan fingerprint density at radius 2 is 2.11 bits per heavy atom. The van der Waals surface area contributed by atoms with Crippen molar-refractivity contribution in [3.63, 3.8) is 0 Å². The lowest BCUT2D eigenvalue weighted by Crippen LogP contribution is -2.35. The largest absolute Gasteiger partial charge is 0.475 e. The summed E-state index contributed by atoms with van der Waals surface area (Å²) >= 11 is 0. The SMILES string of the molecule is CC(C)CN(Cc1ccc(C(=O)O)o1)C1CCCC1. The van der Waals surface area contributed by atoms with Crippen molar-refractivity contribution in [3.8, 4) is 0 Å². The van der Waals surface area contributed by atoms with Crippen molar-refractivity contribution in [1.82, 2.24) is 4.90 Å². The zero-order valence-corrected chi connectivity index (χ0v) is 11.8. The maximum Gasteiger partial charge on any atom is 0.371 e. The van der Waals surface area contributed by atoms with E-state index in [-0.39, 0.29) is 5.76 Å². The van der Waals surface area contributed by atoms with E-state index in [1.165, 1.54) is 25.7 Å². The minimum absolute atomic E-state index is 0.0333. The third-order valence-corrected chi connectivity index (χ3v) is 3.67. The van der Waals surface area contributed by atoms with Crippen LogP contribution < -0.4 is 0 Å². The first-order valence-corrected chi connectivity index (χ1v) is 7.12. The Morgan fingerprint density at radius 1 is 1.42 bits per heavy atom. The maximum absolute atomic E-state index is 10.8. The van der Waals surface area contributed by atoms with Gasteiger partial charge in [0.25, 0.3) is 0 Å². The van der Waals surface area contributed by atoms with Crippen LogP contribution in [-0.4, -0.2) is 28.6 Å². The second kappa shape index (κ2) is 6.24. The first-order chi connectivity index (χ1) is 9.06. The summed E-state index contributed by atoms with van der Waals surface area (Å²) in [4.78, 5) is 13.3. The van der Waals surface area contributed by atoms with Gasteiger partial charge in [-0.3, -0.25) is 4.90 Å². The highest BCUT2D eigenvalue weighted by atomic mass is 16.4. The molecule has 1 heterocycles. The minimum atomic E-state index is -0.998. The molecule has 106 valence electrons.